The second-order valence-electron chi connectivity index (χ2n) is 6.56. The van der Waals surface area contributed by atoms with Crippen LogP contribution in [0.3, 0.4) is 0 Å². The molecule has 4 rings (SSSR count). The van der Waals surface area contributed by atoms with Crippen molar-refractivity contribution < 1.29 is 9.16 Å². The number of hydrogen-bond donors (Lipinski definition) is 0. The molecule has 0 unspecified atom stereocenters. The number of methoxy groups -OCH3 is 1. The lowest BCUT2D eigenvalue weighted by Crippen LogP contribution is -2.71. The first-order valence-electron chi connectivity index (χ1n) is 9.32. The van der Waals surface area contributed by atoms with E-state index in [1.807, 2.05) is 42.5 Å². The van der Waals surface area contributed by atoms with Crippen molar-refractivity contribution in [2.75, 3.05) is 7.11 Å². The SMILES string of the molecule is COc1ccc(O[Si](c2ccccc2)(c2ccccc2)c2ccccc2)cc1. The van der Waals surface area contributed by atoms with Crippen LogP contribution in [0.2, 0.25) is 0 Å². The molecule has 0 radical (unpaired) electrons. The highest BCUT2D eigenvalue weighted by atomic mass is 28.4. The summed E-state index contributed by atoms with van der Waals surface area (Å²) in [7, 11) is -1.06. The highest BCUT2D eigenvalue weighted by molar-refractivity contribution is 7.07. The second-order valence-corrected chi connectivity index (χ2v) is 9.86. The van der Waals surface area contributed by atoms with E-state index in [1.165, 1.54) is 15.6 Å². The zero-order valence-corrected chi connectivity index (χ0v) is 16.8. The van der Waals surface area contributed by atoms with E-state index >= 15 is 0 Å². The van der Waals surface area contributed by atoms with Crippen LogP contribution in [0.15, 0.2) is 115 Å². The van der Waals surface area contributed by atoms with Crippen LogP contribution in [-0.4, -0.2) is 15.4 Å². The van der Waals surface area contributed by atoms with Crippen molar-refractivity contribution in [2.24, 2.45) is 0 Å². The van der Waals surface area contributed by atoms with Crippen molar-refractivity contribution in [3.8, 4) is 11.5 Å². The Morgan fingerprint density at radius 2 is 0.821 bits per heavy atom. The maximum absolute atomic E-state index is 6.94. The number of hydrogen-bond acceptors (Lipinski definition) is 2. The van der Waals surface area contributed by atoms with Crippen LogP contribution in [0, 0.1) is 0 Å². The largest absolute Gasteiger partial charge is 0.530 e. The van der Waals surface area contributed by atoms with E-state index in [4.69, 9.17) is 9.16 Å². The average molecular weight is 383 g/mol. The average Bonchev–Trinajstić information content (AvgIpc) is 2.80. The highest BCUT2D eigenvalue weighted by Crippen LogP contribution is 2.21. The third-order valence-corrected chi connectivity index (χ3v) is 8.85. The molecule has 4 aromatic rings. The lowest BCUT2D eigenvalue weighted by atomic mass is 10.3. The van der Waals surface area contributed by atoms with Crippen molar-refractivity contribution in [3.05, 3.63) is 115 Å². The van der Waals surface area contributed by atoms with Crippen LogP contribution in [0.5, 0.6) is 11.5 Å². The summed E-state index contributed by atoms with van der Waals surface area (Å²) in [4.78, 5) is 0. The summed E-state index contributed by atoms with van der Waals surface area (Å²) in [5, 5.41) is 3.63. The van der Waals surface area contributed by atoms with Crippen molar-refractivity contribution in [3.63, 3.8) is 0 Å². The van der Waals surface area contributed by atoms with E-state index in [0.29, 0.717) is 0 Å². The van der Waals surface area contributed by atoms with Gasteiger partial charge in [-0.1, -0.05) is 91.0 Å². The fraction of sp³-hybridized carbons (Fsp3) is 0.0400. The summed E-state index contributed by atoms with van der Waals surface area (Å²) in [5.74, 6) is 1.66. The van der Waals surface area contributed by atoms with Gasteiger partial charge in [-0.15, -0.1) is 0 Å². The minimum atomic E-state index is -2.73. The second kappa shape index (κ2) is 8.15. The lowest BCUT2D eigenvalue weighted by molar-refractivity contribution is 0.414. The van der Waals surface area contributed by atoms with Gasteiger partial charge >= 0.3 is 8.32 Å². The van der Waals surface area contributed by atoms with Gasteiger partial charge in [0.1, 0.15) is 11.5 Å². The van der Waals surface area contributed by atoms with Gasteiger partial charge in [0.15, 0.2) is 0 Å². The topological polar surface area (TPSA) is 18.5 Å². The molecule has 0 aliphatic rings. The number of rotatable bonds is 6. The Bertz CT molecular complexity index is 904. The van der Waals surface area contributed by atoms with Gasteiger partial charge in [0.2, 0.25) is 0 Å². The van der Waals surface area contributed by atoms with Gasteiger partial charge in [0, 0.05) is 0 Å². The predicted molar refractivity (Wildman–Crippen MR) is 118 cm³/mol. The van der Waals surface area contributed by atoms with Crippen LogP contribution in [0.1, 0.15) is 0 Å². The molecule has 28 heavy (non-hydrogen) atoms. The Labute approximate surface area is 167 Å². The third-order valence-electron chi connectivity index (χ3n) is 4.87. The molecular formula is C25H22O2Si. The van der Waals surface area contributed by atoms with E-state index < -0.39 is 8.32 Å². The Morgan fingerprint density at radius 3 is 1.18 bits per heavy atom. The molecule has 0 saturated carbocycles. The molecule has 0 amide bonds. The molecule has 0 N–H and O–H groups in total. The lowest BCUT2D eigenvalue weighted by Gasteiger charge is -2.33. The quantitative estimate of drug-likeness (QED) is 0.374. The molecule has 0 saturated heterocycles. The number of benzene rings is 4. The predicted octanol–water partition coefficient (Wildman–Crippen LogP) is 3.74. The van der Waals surface area contributed by atoms with Crippen molar-refractivity contribution in [1.29, 1.82) is 0 Å². The first-order valence-corrected chi connectivity index (χ1v) is 11.2. The normalized spacial score (nSPS) is 11.0. The minimum absolute atomic E-state index is 0.818. The highest BCUT2D eigenvalue weighted by Gasteiger charge is 2.43. The van der Waals surface area contributed by atoms with Gasteiger partial charge in [-0.2, -0.15) is 0 Å². The molecule has 0 aromatic heterocycles. The van der Waals surface area contributed by atoms with E-state index in [0.717, 1.165) is 11.5 Å². The third kappa shape index (κ3) is 3.44. The van der Waals surface area contributed by atoms with Crippen LogP contribution in [-0.2, 0) is 0 Å². The van der Waals surface area contributed by atoms with Crippen LogP contribution >= 0.6 is 0 Å². The van der Waals surface area contributed by atoms with Crippen LogP contribution in [0.25, 0.3) is 0 Å². The minimum Gasteiger partial charge on any atom is -0.530 e. The molecule has 0 atom stereocenters. The van der Waals surface area contributed by atoms with Crippen molar-refractivity contribution >= 4 is 23.9 Å². The zero-order chi connectivity index (χ0) is 19.2. The Hall–Kier alpha value is -3.30. The van der Waals surface area contributed by atoms with Crippen molar-refractivity contribution in [1.82, 2.24) is 0 Å². The molecule has 138 valence electrons. The first-order chi connectivity index (χ1) is 13.8. The van der Waals surface area contributed by atoms with Crippen molar-refractivity contribution in [2.45, 2.75) is 0 Å². The summed E-state index contributed by atoms with van der Waals surface area (Å²) in [6.45, 7) is 0. The molecule has 0 heterocycles. The standard InChI is InChI=1S/C25H22O2Si/c1-26-21-17-19-22(20-18-21)27-28(23-11-5-2-6-12-23,24-13-7-3-8-14-24)25-15-9-4-10-16-25/h2-20H,1H3. The Kier molecular flexibility index (Phi) is 5.26. The van der Waals surface area contributed by atoms with Gasteiger partial charge < -0.3 is 9.16 Å². The maximum atomic E-state index is 6.94. The molecule has 4 aromatic carbocycles. The smallest absolute Gasteiger partial charge is 0.346 e. The molecule has 2 nitrogen and oxygen atoms in total. The maximum Gasteiger partial charge on any atom is 0.346 e. The number of ether oxygens (including phenoxy) is 1. The Balaban J connectivity index is 1.95. The van der Waals surface area contributed by atoms with Crippen LogP contribution in [0.4, 0.5) is 0 Å². The summed E-state index contributed by atoms with van der Waals surface area (Å²) in [6, 6.07) is 39.5. The van der Waals surface area contributed by atoms with Gasteiger partial charge in [0.25, 0.3) is 0 Å². The fourth-order valence-electron chi connectivity index (χ4n) is 3.52. The summed E-state index contributed by atoms with van der Waals surface area (Å²) in [6.07, 6.45) is 0. The van der Waals surface area contributed by atoms with E-state index in [1.54, 1.807) is 7.11 Å². The molecule has 0 spiro atoms. The Morgan fingerprint density at radius 1 is 0.464 bits per heavy atom. The summed E-state index contributed by atoms with van der Waals surface area (Å²) >= 11 is 0. The molecule has 0 aliphatic carbocycles. The molecule has 0 bridgehead atoms. The molecular weight excluding hydrogens is 360 g/mol. The van der Waals surface area contributed by atoms with Gasteiger partial charge in [-0.3, -0.25) is 0 Å². The fourth-order valence-corrected chi connectivity index (χ4v) is 7.34. The van der Waals surface area contributed by atoms with E-state index in [-0.39, 0.29) is 0 Å². The van der Waals surface area contributed by atoms with Gasteiger partial charge in [-0.25, -0.2) is 0 Å². The summed E-state index contributed by atoms with van der Waals surface area (Å²) < 4.78 is 12.3. The monoisotopic (exact) mass is 382 g/mol. The molecule has 0 aliphatic heterocycles. The first kappa shape index (κ1) is 18.1. The molecule has 3 heteroatoms. The van der Waals surface area contributed by atoms with Crippen LogP contribution < -0.4 is 24.7 Å². The van der Waals surface area contributed by atoms with Gasteiger partial charge in [0.05, 0.1) is 7.11 Å². The zero-order valence-electron chi connectivity index (χ0n) is 15.8. The van der Waals surface area contributed by atoms with Gasteiger partial charge in [-0.05, 0) is 39.8 Å². The molecule has 0 fully saturated rings. The van der Waals surface area contributed by atoms with E-state index in [2.05, 4.69) is 72.8 Å². The summed E-state index contributed by atoms with van der Waals surface area (Å²) in [5.41, 5.74) is 0. The van der Waals surface area contributed by atoms with E-state index in [9.17, 15) is 0 Å².